The number of ether oxygens (including phenoxy) is 2. The Morgan fingerprint density at radius 2 is 1.09 bits per heavy atom. The molecule has 6 unspecified atom stereocenters. The summed E-state index contributed by atoms with van der Waals surface area (Å²) in [4.78, 5) is 12.4. The van der Waals surface area contributed by atoms with Crippen LogP contribution >= 0.6 is 0 Å². The van der Waals surface area contributed by atoms with Crippen LogP contribution in [0.4, 0.5) is 0 Å². The molecule has 0 heterocycles. The van der Waals surface area contributed by atoms with Crippen molar-refractivity contribution >= 4 is 58.3 Å². The second kappa shape index (κ2) is 19.2. The van der Waals surface area contributed by atoms with E-state index >= 15 is 0 Å². The van der Waals surface area contributed by atoms with Gasteiger partial charge in [-0.25, -0.2) is 4.79 Å². The van der Waals surface area contributed by atoms with Gasteiger partial charge in [0.25, 0.3) is 0 Å². The van der Waals surface area contributed by atoms with Crippen molar-refractivity contribution < 1.29 is 37.1 Å². The molecule has 0 aliphatic heterocycles. The van der Waals surface area contributed by atoms with Gasteiger partial charge in [0, 0.05) is 6.08 Å². The standard InChI is InChI=1S/C33H72O8Si6/c1-14-31(35)37-30-24-26(20-22-43-33(40-46(8,9)10)41-47(11,12)13)16-18-28(30)36-29-23-25(15-17-27(29)34)19-21-42-32(38-44(2,3)4)39-45(5,6)7/h14,25-30,32-34H,1,15-24,42-43H2,2-13H3. The largest absolute Gasteiger partial charge is 0.456 e. The molecule has 2 rings (SSSR count). The van der Waals surface area contributed by atoms with Crippen LogP contribution in [0.15, 0.2) is 12.7 Å². The van der Waals surface area contributed by atoms with Crippen molar-refractivity contribution in [2.24, 2.45) is 11.8 Å². The molecule has 0 spiro atoms. The Balaban J connectivity index is 1.96. The van der Waals surface area contributed by atoms with Gasteiger partial charge in [0.2, 0.25) is 0 Å². The van der Waals surface area contributed by atoms with E-state index in [2.05, 4.69) is 85.1 Å². The summed E-state index contributed by atoms with van der Waals surface area (Å²) in [6, 6.07) is 2.32. The summed E-state index contributed by atoms with van der Waals surface area (Å²) in [6.45, 7) is 30.5. The molecular formula is C33H72O8Si6. The van der Waals surface area contributed by atoms with Gasteiger partial charge < -0.3 is 32.3 Å². The first-order valence-corrected chi connectivity index (χ1v) is 35.7. The van der Waals surface area contributed by atoms with Gasteiger partial charge in [0.05, 0.1) is 37.4 Å². The minimum absolute atomic E-state index is 0.00239. The SMILES string of the molecule is C=CC(=O)OC1CC(CC[SiH2]C(O[Si](C)(C)C)O[Si](C)(C)C)CCC1OC1CC(CC[SiH2]C(O[Si](C)(C)C)O[Si](C)(C)C)CCC1O. The number of esters is 1. The first kappa shape index (κ1) is 43.4. The Hall–Kier alpha value is 0.271. The summed E-state index contributed by atoms with van der Waals surface area (Å²) in [5.74, 6) is 0.615. The highest BCUT2D eigenvalue weighted by atomic mass is 28.4. The van der Waals surface area contributed by atoms with Crippen molar-refractivity contribution in [3.05, 3.63) is 12.7 Å². The van der Waals surface area contributed by atoms with Gasteiger partial charge >= 0.3 is 5.97 Å². The summed E-state index contributed by atoms with van der Waals surface area (Å²) in [7, 11) is -7.87. The quantitative estimate of drug-likeness (QED) is 0.0633. The molecule has 14 heteroatoms. The molecule has 1 N–H and O–H groups in total. The van der Waals surface area contributed by atoms with E-state index in [4.69, 9.17) is 27.2 Å². The molecule has 47 heavy (non-hydrogen) atoms. The highest BCUT2D eigenvalue weighted by molar-refractivity contribution is 6.72. The second-order valence-corrected chi connectivity index (χ2v) is 39.7. The third-order valence-electron chi connectivity index (χ3n) is 8.53. The van der Waals surface area contributed by atoms with Crippen LogP contribution in [0.5, 0.6) is 0 Å². The Labute approximate surface area is 297 Å². The summed E-state index contributed by atoms with van der Waals surface area (Å²) in [5, 5.41) is 11.0. The molecule has 8 nitrogen and oxygen atoms in total. The summed E-state index contributed by atoms with van der Waals surface area (Å²) in [5.41, 5.74) is 0. The molecule has 0 aromatic rings. The van der Waals surface area contributed by atoms with Gasteiger partial charge in [0.15, 0.2) is 33.3 Å². The molecular weight excluding hydrogens is 693 g/mol. The number of aliphatic hydroxyl groups is 1. The second-order valence-electron chi connectivity index (χ2n) is 18.0. The molecule has 276 valence electrons. The average molecular weight is 765 g/mol. The molecule has 6 atom stereocenters. The Morgan fingerprint density at radius 1 is 0.681 bits per heavy atom. The van der Waals surface area contributed by atoms with Crippen LogP contribution in [0.1, 0.15) is 51.4 Å². The van der Waals surface area contributed by atoms with Gasteiger partial charge in [0.1, 0.15) is 17.9 Å². The van der Waals surface area contributed by atoms with Gasteiger partial charge in [-0.15, -0.1) is 0 Å². The summed E-state index contributed by atoms with van der Waals surface area (Å²) in [6.07, 6.45) is 7.59. The molecule has 0 bridgehead atoms. The predicted molar refractivity (Wildman–Crippen MR) is 211 cm³/mol. The number of hydrogen-bond acceptors (Lipinski definition) is 8. The normalized spacial score (nSPS) is 27.0. The van der Waals surface area contributed by atoms with Crippen molar-refractivity contribution in [3.63, 3.8) is 0 Å². The molecule has 0 saturated heterocycles. The van der Waals surface area contributed by atoms with E-state index < -0.39 is 64.4 Å². The molecule has 0 amide bonds. The minimum atomic E-state index is -1.69. The highest BCUT2D eigenvalue weighted by Crippen LogP contribution is 2.37. The van der Waals surface area contributed by atoms with Crippen molar-refractivity contribution in [2.75, 3.05) is 0 Å². The summed E-state index contributed by atoms with van der Waals surface area (Å²) < 4.78 is 38.5. The fraction of sp³-hybridized carbons (Fsp3) is 0.909. The number of carbonyl (C=O) groups excluding carboxylic acids is 1. The molecule has 2 saturated carbocycles. The van der Waals surface area contributed by atoms with E-state index in [9.17, 15) is 9.90 Å². The molecule has 0 aromatic heterocycles. The van der Waals surface area contributed by atoms with E-state index in [1.54, 1.807) is 0 Å². The fourth-order valence-corrected chi connectivity index (χ4v) is 20.5. The van der Waals surface area contributed by atoms with E-state index in [0.29, 0.717) is 11.8 Å². The topological polar surface area (TPSA) is 92.7 Å². The summed E-state index contributed by atoms with van der Waals surface area (Å²) >= 11 is 0. The first-order valence-electron chi connectivity index (χ1n) is 18.4. The lowest BCUT2D eigenvalue weighted by atomic mass is 9.81. The Kier molecular flexibility index (Phi) is 17.7. The van der Waals surface area contributed by atoms with E-state index in [-0.39, 0.29) is 30.1 Å². The van der Waals surface area contributed by atoms with E-state index in [1.807, 2.05) is 0 Å². The maximum Gasteiger partial charge on any atom is 0.330 e. The number of rotatable bonds is 20. The minimum Gasteiger partial charge on any atom is -0.456 e. The van der Waals surface area contributed by atoms with Gasteiger partial charge in [-0.05, 0) is 129 Å². The lowest BCUT2D eigenvalue weighted by molar-refractivity contribution is -0.175. The number of hydrogen-bond donors (Lipinski definition) is 1. The fourth-order valence-electron chi connectivity index (χ4n) is 6.76. The van der Waals surface area contributed by atoms with Crippen molar-refractivity contribution in [1.29, 1.82) is 0 Å². The van der Waals surface area contributed by atoms with E-state index in [1.165, 1.54) is 12.1 Å². The third kappa shape index (κ3) is 19.5. The van der Waals surface area contributed by atoms with Crippen LogP contribution in [0.3, 0.4) is 0 Å². The molecule has 2 aliphatic carbocycles. The van der Waals surface area contributed by atoms with Crippen molar-refractivity contribution in [2.45, 2.75) is 178 Å². The maximum absolute atomic E-state index is 12.4. The molecule has 0 aromatic carbocycles. The average Bonchev–Trinajstić information content (AvgIpc) is 2.88. The van der Waals surface area contributed by atoms with Crippen molar-refractivity contribution in [3.8, 4) is 0 Å². The molecule has 2 aliphatic rings. The lowest BCUT2D eigenvalue weighted by Crippen LogP contribution is -2.46. The first-order chi connectivity index (χ1) is 21.5. The lowest BCUT2D eigenvalue weighted by Gasteiger charge is -2.41. The van der Waals surface area contributed by atoms with Gasteiger partial charge in [-0.1, -0.05) is 31.5 Å². The number of aliphatic hydroxyl groups excluding tert-OH is 1. The Morgan fingerprint density at radius 3 is 1.49 bits per heavy atom. The zero-order valence-electron chi connectivity index (χ0n) is 32.2. The Bertz CT molecular complexity index is 913. The monoisotopic (exact) mass is 764 g/mol. The van der Waals surface area contributed by atoms with Crippen LogP contribution in [0.25, 0.3) is 0 Å². The smallest absolute Gasteiger partial charge is 0.330 e. The van der Waals surface area contributed by atoms with Gasteiger partial charge in [-0.3, -0.25) is 0 Å². The number of carbonyl (C=O) groups is 1. The van der Waals surface area contributed by atoms with Crippen LogP contribution in [-0.2, 0) is 32.0 Å². The van der Waals surface area contributed by atoms with Crippen molar-refractivity contribution in [1.82, 2.24) is 0 Å². The maximum atomic E-state index is 12.4. The van der Waals surface area contributed by atoms with Crippen LogP contribution in [0, 0.1) is 11.8 Å². The predicted octanol–water partition coefficient (Wildman–Crippen LogP) is 6.73. The van der Waals surface area contributed by atoms with Crippen LogP contribution in [-0.4, -0.2) is 99.6 Å². The van der Waals surface area contributed by atoms with Crippen LogP contribution < -0.4 is 0 Å². The van der Waals surface area contributed by atoms with E-state index in [0.717, 1.165) is 57.4 Å². The highest BCUT2D eigenvalue weighted by Gasteiger charge is 2.39. The van der Waals surface area contributed by atoms with Crippen LogP contribution in [0.2, 0.25) is 90.7 Å². The zero-order valence-corrected chi connectivity index (χ0v) is 39.0. The zero-order chi connectivity index (χ0) is 35.6. The third-order valence-corrected chi connectivity index (χ3v) is 17.0. The molecule has 2 fully saturated rings. The molecule has 0 radical (unpaired) electrons. The van der Waals surface area contributed by atoms with Gasteiger partial charge in [-0.2, -0.15) is 0 Å².